The molecule has 0 saturated carbocycles. The molecule has 0 aliphatic heterocycles. The maximum atomic E-state index is 10.5. The molecule has 0 heterocycles. The third kappa shape index (κ3) is 3.65. The molecule has 0 aliphatic rings. The molecule has 0 atom stereocenters. The van der Waals surface area contributed by atoms with E-state index in [1.165, 1.54) is 7.11 Å². The fourth-order valence-corrected chi connectivity index (χ4v) is 1.98. The van der Waals surface area contributed by atoms with Gasteiger partial charge >= 0.3 is 5.97 Å². The van der Waals surface area contributed by atoms with Crippen LogP contribution < -0.4 is 4.74 Å². The van der Waals surface area contributed by atoms with E-state index in [1.54, 1.807) is 25.1 Å². The van der Waals surface area contributed by atoms with Crippen molar-refractivity contribution >= 4 is 34.7 Å². The van der Waals surface area contributed by atoms with E-state index in [0.717, 1.165) is 11.1 Å². The highest BCUT2D eigenvalue weighted by Gasteiger charge is 2.09. The first-order chi connectivity index (χ1) is 7.95. The third-order valence-electron chi connectivity index (χ3n) is 2.24. The molecule has 17 heavy (non-hydrogen) atoms. The van der Waals surface area contributed by atoms with E-state index >= 15 is 0 Å². The van der Waals surface area contributed by atoms with E-state index < -0.39 is 5.97 Å². The van der Waals surface area contributed by atoms with Gasteiger partial charge in [0.15, 0.2) is 5.75 Å². The van der Waals surface area contributed by atoms with Crippen molar-refractivity contribution in [1.82, 2.24) is 0 Å². The van der Waals surface area contributed by atoms with Crippen molar-refractivity contribution in [1.29, 1.82) is 0 Å². The number of methoxy groups -OCH3 is 1. The minimum atomic E-state index is -0.880. The molecular formula is C12H12Cl2O3. The lowest BCUT2D eigenvalue weighted by atomic mass is 10.1. The number of aliphatic carboxylic acids is 1. The molecule has 0 radical (unpaired) electrons. The van der Waals surface area contributed by atoms with Crippen molar-refractivity contribution in [3.8, 4) is 5.75 Å². The van der Waals surface area contributed by atoms with Gasteiger partial charge in [-0.1, -0.05) is 29.3 Å². The van der Waals surface area contributed by atoms with Gasteiger partial charge in [0, 0.05) is 0 Å². The number of hydrogen-bond acceptors (Lipinski definition) is 2. The summed E-state index contributed by atoms with van der Waals surface area (Å²) in [6.45, 7) is 1.80. The Labute approximate surface area is 110 Å². The van der Waals surface area contributed by atoms with Crippen LogP contribution in [0.4, 0.5) is 0 Å². The Balaban J connectivity index is 3.08. The zero-order valence-electron chi connectivity index (χ0n) is 9.46. The fourth-order valence-electron chi connectivity index (χ4n) is 1.34. The first-order valence-corrected chi connectivity index (χ1v) is 5.63. The number of carboxylic acid groups (broad SMARTS) is 1. The normalized spacial score (nSPS) is 11.4. The summed E-state index contributed by atoms with van der Waals surface area (Å²) < 4.78 is 5.03. The lowest BCUT2D eigenvalue weighted by molar-refractivity contribution is -0.135. The molecule has 0 spiro atoms. The number of carbonyl (C=O) groups is 1. The van der Waals surface area contributed by atoms with Crippen molar-refractivity contribution in [2.24, 2.45) is 0 Å². The first kappa shape index (κ1) is 13.9. The number of ether oxygens (including phenoxy) is 1. The van der Waals surface area contributed by atoms with E-state index in [-0.39, 0.29) is 6.42 Å². The molecule has 0 aromatic heterocycles. The number of hydrogen-bond donors (Lipinski definition) is 1. The minimum absolute atomic E-state index is 0.0346. The Bertz CT molecular complexity index is 444. The summed E-state index contributed by atoms with van der Waals surface area (Å²) in [5.41, 5.74) is 1.58. The summed E-state index contributed by atoms with van der Waals surface area (Å²) >= 11 is 12.0. The molecule has 0 unspecified atom stereocenters. The van der Waals surface area contributed by atoms with Gasteiger partial charge in [-0.15, -0.1) is 0 Å². The monoisotopic (exact) mass is 274 g/mol. The standard InChI is InChI=1S/C12H12Cl2O3/c1-7(3-4-11(15)16)8-5-9(13)12(17-2)10(14)6-8/h3,5-6H,4H2,1-2H3,(H,15,16)/b7-3+. The molecule has 0 bridgehead atoms. The van der Waals surface area contributed by atoms with Crippen LogP contribution in [0.15, 0.2) is 18.2 Å². The molecule has 92 valence electrons. The van der Waals surface area contributed by atoms with Gasteiger partial charge in [-0.3, -0.25) is 4.79 Å². The number of rotatable bonds is 4. The van der Waals surface area contributed by atoms with E-state index in [1.807, 2.05) is 0 Å². The van der Waals surface area contributed by atoms with E-state index in [9.17, 15) is 4.79 Å². The van der Waals surface area contributed by atoms with Gasteiger partial charge in [-0.05, 0) is 30.2 Å². The zero-order chi connectivity index (χ0) is 13.0. The highest BCUT2D eigenvalue weighted by molar-refractivity contribution is 6.37. The van der Waals surface area contributed by atoms with Gasteiger partial charge < -0.3 is 9.84 Å². The second kappa shape index (κ2) is 5.94. The van der Waals surface area contributed by atoms with Crippen molar-refractivity contribution in [2.75, 3.05) is 7.11 Å². The van der Waals surface area contributed by atoms with Gasteiger partial charge in [0.1, 0.15) is 0 Å². The largest absolute Gasteiger partial charge is 0.494 e. The summed E-state index contributed by atoms with van der Waals surface area (Å²) in [7, 11) is 1.49. The quantitative estimate of drug-likeness (QED) is 0.907. The Hall–Kier alpha value is -1.19. The predicted octanol–water partition coefficient (Wildman–Crippen LogP) is 3.88. The van der Waals surface area contributed by atoms with Gasteiger partial charge in [-0.2, -0.15) is 0 Å². The van der Waals surface area contributed by atoms with Crippen molar-refractivity contribution in [2.45, 2.75) is 13.3 Å². The van der Waals surface area contributed by atoms with Gasteiger partial charge in [0.2, 0.25) is 0 Å². The molecule has 1 N–H and O–H groups in total. The summed E-state index contributed by atoms with van der Waals surface area (Å²) in [5, 5.41) is 9.39. The maximum absolute atomic E-state index is 10.5. The second-order valence-electron chi connectivity index (χ2n) is 3.46. The second-order valence-corrected chi connectivity index (χ2v) is 4.27. The predicted molar refractivity (Wildman–Crippen MR) is 68.9 cm³/mol. The lowest BCUT2D eigenvalue weighted by Gasteiger charge is -2.09. The molecule has 1 rings (SSSR count). The molecule has 5 heteroatoms. The molecule has 0 saturated heterocycles. The average Bonchev–Trinajstić information content (AvgIpc) is 2.25. The highest BCUT2D eigenvalue weighted by atomic mass is 35.5. The summed E-state index contributed by atoms with van der Waals surface area (Å²) in [5.74, 6) is -0.460. The molecular weight excluding hydrogens is 263 g/mol. The molecule has 1 aromatic carbocycles. The smallest absolute Gasteiger partial charge is 0.307 e. The Morgan fingerprint density at radius 1 is 1.41 bits per heavy atom. The van der Waals surface area contributed by atoms with Crippen LogP contribution in [0.1, 0.15) is 18.9 Å². The van der Waals surface area contributed by atoms with Crippen LogP contribution in [0.2, 0.25) is 10.0 Å². The van der Waals surface area contributed by atoms with Crippen LogP contribution in [0.3, 0.4) is 0 Å². The van der Waals surface area contributed by atoms with Crippen LogP contribution in [-0.2, 0) is 4.79 Å². The van der Waals surface area contributed by atoms with Crippen molar-refractivity contribution in [3.63, 3.8) is 0 Å². The molecule has 0 aliphatic carbocycles. The SMILES string of the molecule is COc1c(Cl)cc(/C(C)=C/CC(=O)O)cc1Cl. The van der Waals surface area contributed by atoms with Crippen LogP contribution in [0, 0.1) is 0 Å². The van der Waals surface area contributed by atoms with Gasteiger partial charge in [-0.25, -0.2) is 0 Å². The average molecular weight is 275 g/mol. The summed E-state index contributed by atoms with van der Waals surface area (Å²) in [4.78, 5) is 10.5. The Kier molecular flexibility index (Phi) is 4.85. The van der Waals surface area contributed by atoms with Crippen molar-refractivity contribution < 1.29 is 14.6 Å². The zero-order valence-corrected chi connectivity index (χ0v) is 11.0. The first-order valence-electron chi connectivity index (χ1n) is 4.87. The lowest BCUT2D eigenvalue weighted by Crippen LogP contribution is -1.92. The molecule has 0 fully saturated rings. The van der Waals surface area contributed by atoms with Crippen molar-refractivity contribution in [3.05, 3.63) is 33.8 Å². The minimum Gasteiger partial charge on any atom is -0.494 e. The molecule has 1 aromatic rings. The van der Waals surface area contributed by atoms with Crippen LogP contribution >= 0.6 is 23.2 Å². The van der Waals surface area contributed by atoms with E-state index in [4.69, 9.17) is 33.0 Å². The van der Waals surface area contributed by atoms with Gasteiger partial charge in [0.05, 0.1) is 23.6 Å². The van der Waals surface area contributed by atoms with Crippen LogP contribution in [-0.4, -0.2) is 18.2 Å². The summed E-state index contributed by atoms with van der Waals surface area (Å²) in [6, 6.07) is 3.39. The van der Waals surface area contributed by atoms with E-state index in [0.29, 0.717) is 15.8 Å². The third-order valence-corrected chi connectivity index (χ3v) is 2.80. The Morgan fingerprint density at radius 2 is 1.94 bits per heavy atom. The molecule has 3 nitrogen and oxygen atoms in total. The number of carboxylic acids is 1. The molecule has 0 amide bonds. The summed E-state index contributed by atoms with van der Waals surface area (Å²) in [6.07, 6.45) is 1.57. The van der Waals surface area contributed by atoms with E-state index in [2.05, 4.69) is 0 Å². The number of halogens is 2. The Morgan fingerprint density at radius 3 is 2.35 bits per heavy atom. The maximum Gasteiger partial charge on any atom is 0.307 e. The van der Waals surface area contributed by atoms with Gasteiger partial charge in [0.25, 0.3) is 0 Å². The highest BCUT2D eigenvalue weighted by Crippen LogP contribution is 2.35. The topological polar surface area (TPSA) is 46.5 Å². The number of benzene rings is 1. The number of allylic oxidation sites excluding steroid dienone is 1. The fraction of sp³-hybridized carbons (Fsp3) is 0.250. The van der Waals surface area contributed by atoms with Crippen LogP contribution in [0.5, 0.6) is 5.75 Å². The van der Waals surface area contributed by atoms with Crippen LogP contribution in [0.25, 0.3) is 5.57 Å².